The van der Waals surface area contributed by atoms with Crippen LogP contribution in [-0.2, 0) is 4.79 Å². The van der Waals surface area contributed by atoms with Crippen LogP contribution in [0.5, 0.6) is 5.75 Å². The molecule has 24 heavy (non-hydrogen) atoms. The van der Waals surface area contributed by atoms with E-state index in [9.17, 15) is 9.59 Å². The molecule has 1 aliphatic rings. The monoisotopic (exact) mass is 345 g/mol. The van der Waals surface area contributed by atoms with E-state index < -0.39 is 5.63 Å². The first-order valence-electron chi connectivity index (χ1n) is 7.51. The molecule has 0 saturated carbocycles. The second-order valence-electron chi connectivity index (χ2n) is 5.56. The van der Waals surface area contributed by atoms with Crippen molar-refractivity contribution in [2.75, 3.05) is 13.1 Å². The van der Waals surface area contributed by atoms with E-state index in [0.717, 1.165) is 5.56 Å². The van der Waals surface area contributed by atoms with Crippen molar-refractivity contribution in [2.45, 2.75) is 13.0 Å². The van der Waals surface area contributed by atoms with Gasteiger partial charge < -0.3 is 14.1 Å². The number of carbonyl (C=O) groups is 1. The van der Waals surface area contributed by atoms with Crippen LogP contribution in [0, 0.1) is 6.92 Å². The van der Waals surface area contributed by atoms with Gasteiger partial charge in [0.2, 0.25) is 5.91 Å². The lowest BCUT2D eigenvalue weighted by Gasteiger charge is -2.38. The topological polar surface area (TPSA) is 59.8 Å². The second-order valence-corrected chi connectivity index (χ2v) is 5.97. The van der Waals surface area contributed by atoms with Crippen LogP contribution in [0.25, 0.3) is 6.08 Å². The van der Waals surface area contributed by atoms with E-state index in [4.69, 9.17) is 20.8 Å². The Labute approximate surface area is 144 Å². The summed E-state index contributed by atoms with van der Waals surface area (Å²) >= 11 is 6.04. The number of nitrogens with zero attached hydrogens (tertiary/aromatic N) is 1. The van der Waals surface area contributed by atoms with Gasteiger partial charge in [-0.05, 0) is 24.6 Å². The molecule has 2 heterocycles. The molecule has 1 aromatic heterocycles. The van der Waals surface area contributed by atoms with Crippen LogP contribution in [0.4, 0.5) is 0 Å². The molecule has 6 heteroatoms. The molecule has 0 atom stereocenters. The number of aryl methyl sites for hydroxylation is 1. The normalized spacial score (nSPS) is 14.7. The lowest BCUT2D eigenvalue weighted by molar-refractivity contribution is -0.134. The van der Waals surface area contributed by atoms with E-state index >= 15 is 0 Å². The minimum atomic E-state index is -0.445. The van der Waals surface area contributed by atoms with Crippen molar-refractivity contribution < 1.29 is 13.9 Å². The Bertz CT molecular complexity index is 837. The first-order valence-corrected chi connectivity index (χ1v) is 7.89. The number of amides is 1. The van der Waals surface area contributed by atoms with Crippen LogP contribution in [0.2, 0.25) is 5.02 Å². The van der Waals surface area contributed by atoms with E-state index in [2.05, 4.69) is 0 Å². The average molecular weight is 346 g/mol. The number of hydrogen-bond donors (Lipinski definition) is 0. The third-order valence-electron chi connectivity index (χ3n) is 3.64. The van der Waals surface area contributed by atoms with Gasteiger partial charge >= 0.3 is 5.63 Å². The Kier molecular flexibility index (Phi) is 4.71. The third kappa shape index (κ3) is 3.86. The Hall–Kier alpha value is -2.53. The fourth-order valence-electron chi connectivity index (χ4n) is 2.41. The van der Waals surface area contributed by atoms with Crippen molar-refractivity contribution in [1.82, 2.24) is 4.90 Å². The quantitative estimate of drug-likeness (QED) is 0.799. The van der Waals surface area contributed by atoms with Crippen molar-refractivity contribution in [2.24, 2.45) is 0 Å². The maximum absolute atomic E-state index is 12.1. The summed E-state index contributed by atoms with van der Waals surface area (Å²) in [6.45, 7) is 2.64. The fourth-order valence-corrected chi connectivity index (χ4v) is 2.60. The summed E-state index contributed by atoms with van der Waals surface area (Å²) in [4.78, 5) is 25.0. The highest BCUT2D eigenvalue weighted by atomic mass is 35.5. The summed E-state index contributed by atoms with van der Waals surface area (Å²) in [5.41, 5.74) is 0.354. The minimum absolute atomic E-state index is 0.0986. The molecule has 1 saturated heterocycles. The molecule has 124 valence electrons. The van der Waals surface area contributed by atoms with Gasteiger partial charge in [0.25, 0.3) is 0 Å². The molecule has 1 amide bonds. The van der Waals surface area contributed by atoms with Gasteiger partial charge in [-0.1, -0.05) is 29.8 Å². The van der Waals surface area contributed by atoms with Gasteiger partial charge in [0.05, 0.1) is 19.2 Å². The molecular formula is C18H16ClNO4. The Morgan fingerprint density at radius 3 is 2.79 bits per heavy atom. The maximum Gasteiger partial charge on any atom is 0.339 e. The second kappa shape index (κ2) is 6.93. The lowest BCUT2D eigenvalue weighted by Crippen LogP contribution is -2.55. The number of hydrogen-bond acceptors (Lipinski definition) is 4. The van der Waals surface area contributed by atoms with E-state index in [1.807, 2.05) is 18.2 Å². The molecule has 1 aromatic carbocycles. The standard InChI is InChI=1S/C18H16ClNO4/c1-12-8-14(9-18(22)23-12)24-15-10-20(11-15)17(21)7-6-13-4-2-3-5-16(13)19/h2-9,15H,10-11H2,1H3. The predicted octanol–water partition coefficient (Wildman–Crippen LogP) is 2.90. The Morgan fingerprint density at radius 2 is 2.08 bits per heavy atom. The number of likely N-dealkylation sites (tertiary alicyclic amines) is 1. The van der Waals surface area contributed by atoms with Gasteiger partial charge in [0.15, 0.2) is 0 Å². The molecule has 0 aliphatic carbocycles. The van der Waals surface area contributed by atoms with Crippen LogP contribution in [0.15, 0.2) is 51.7 Å². The maximum atomic E-state index is 12.1. The molecule has 0 unspecified atom stereocenters. The smallest absolute Gasteiger partial charge is 0.339 e. The van der Waals surface area contributed by atoms with Crippen LogP contribution in [0.3, 0.4) is 0 Å². The zero-order valence-corrected chi connectivity index (χ0v) is 13.8. The largest absolute Gasteiger partial charge is 0.486 e. The predicted molar refractivity (Wildman–Crippen MR) is 91.2 cm³/mol. The zero-order valence-electron chi connectivity index (χ0n) is 13.1. The first kappa shape index (κ1) is 16.3. The van der Waals surface area contributed by atoms with Gasteiger partial charge in [0, 0.05) is 17.2 Å². The summed E-state index contributed by atoms with van der Waals surface area (Å²) in [6, 6.07) is 10.3. The van der Waals surface area contributed by atoms with Gasteiger partial charge in [-0.3, -0.25) is 4.79 Å². The van der Waals surface area contributed by atoms with Crippen molar-refractivity contribution in [3.8, 4) is 5.75 Å². The third-order valence-corrected chi connectivity index (χ3v) is 3.98. The van der Waals surface area contributed by atoms with Gasteiger partial charge in [0.1, 0.15) is 17.6 Å². The van der Waals surface area contributed by atoms with Gasteiger partial charge in [-0.2, -0.15) is 0 Å². The number of carbonyl (C=O) groups excluding carboxylic acids is 1. The number of halogens is 1. The van der Waals surface area contributed by atoms with Crippen molar-refractivity contribution in [1.29, 1.82) is 0 Å². The molecule has 1 aliphatic heterocycles. The summed E-state index contributed by atoms with van der Waals surface area (Å²) < 4.78 is 10.5. The summed E-state index contributed by atoms with van der Waals surface area (Å²) in [7, 11) is 0. The highest BCUT2D eigenvalue weighted by Crippen LogP contribution is 2.19. The summed E-state index contributed by atoms with van der Waals surface area (Å²) in [5.74, 6) is 0.860. The van der Waals surface area contributed by atoms with Crippen LogP contribution >= 0.6 is 11.6 Å². The SMILES string of the molecule is Cc1cc(OC2CN(C(=O)C=Cc3ccccc3Cl)C2)cc(=O)o1. The van der Waals surface area contributed by atoms with E-state index in [1.54, 1.807) is 30.0 Å². The molecule has 0 N–H and O–H groups in total. The number of rotatable bonds is 4. The Morgan fingerprint density at radius 1 is 1.33 bits per heavy atom. The fraction of sp³-hybridized carbons (Fsp3) is 0.222. The molecule has 3 rings (SSSR count). The molecule has 2 aromatic rings. The lowest BCUT2D eigenvalue weighted by atomic mass is 10.1. The van der Waals surface area contributed by atoms with Gasteiger partial charge in [-0.15, -0.1) is 0 Å². The van der Waals surface area contributed by atoms with E-state index in [0.29, 0.717) is 29.6 Å². The summed E-state index contributed by atoms with van der Waals surface area (Å²) in [6.07, 6.45) is 3.08. The van der Waals surface area contributed by atoms with E-state index in [1.165, 1.54) is 12.1 Å². The van der Waals surface area contributed by atoms with Crippen molar-refractivity contribution >= 4 is 23.6 Å². The highest BCUT2D eigenvalue weighted by molar-refractivity contribution is 6.32. The average Bonchev–Trinajstić information content (AvgIpc) is 2.48. The molecule has 1 fully saturated rings. The van der Waals surface area contributed by atoms with E-state index in [-0.39, 0.29) is 12.0 Å². The number of ether oxygens (including phenoxy) is 1. The van der Waals surface area contributed by atoms with Crippen LogP contribution in [0.1, 0.15) is 11.3 Å². The van der Waals surface area contributed by atoms with Crippen LogP contribution < -0.4 is 10.4 Å². The molecule has 0 radical (unpaired) electrons. The molecule has 5 nitrogen and oxygen atoms in total. The molecular weight excluding hydrogens is 330 g/mol. The van der Waals surface area contributed by atoms with Crippen molar-refractivity contribution in [3.05, 3.63) is 69.2 Å². The number of benzene rings is 1. The van der Waals surface area contributed by atoms with Gasteiger partial charge in [-0.25, -0.2) is 4.79 Å². The molecule has 0 spiro atoms. The first-order chi connectivity index (χ1) is 11.5. The Balaban J connectivity index is 1.53. The summed E-state index contributed by atoms with van der Waals surface area (Å²) in [5, 5.41) is 0.602. The van der Waals surface area contributed by atoms with Crippen LogP contribution in [-0.4, -0.2) is 30.0 Å². The minimum Gasteiger partial charge on any atom is -0.486 e. The highest BCUT2D eigenvalue weighted by Gasteiger charge is 2.31. The molecule has 0 bridgehead atoms. The van der Waals surface area contributed by atoms with Crippen molar-refractivity contribution in [3.63, 3.8) is 0 Å². The zero-order chi connectivity index (χ0) is 17.1.